The smallest absolute Gasteiger partial charge is 0.233 e. The van der Waals surface area contributed by atoms with E-state index < -0.39 is 11.6 Å². The molecule has 114 valence electrons. The number of nitrogens with zero attached hydrogens (tertiary/aromatic N) is 1. The molecule has 0 aliphatic heterocycles. The number of benzene rings is 2. The number of hydrogen-bond donors (Lipinski definition) is 0. The Morgan fingerprint density at radius 2 is 1.23 bits per heavy atom. The van der Waals surface area contributed by atoms with Crippen LogP contribution in [-0.2, 0) is 0 Å². The van der Waals surface area contributed by atoms with Gasteiger partial charge in [0.25, 0.3) is 0 Å². The van der Waals surface area contributed by atoms with E-state index in [9.17, 15) is 9.59 Å². The molecule has 2 aromatic rings. The molecule has 0 atom stereocenters. The van der Waals surface area contributed by atoms with Gasteiger partial charge in [0.1, 0.15) is 0 Å². The number of halogens is 1. The van der Waals surface area contributed by atoms with Crippen LogP contribution >= 0.6 is 15.9 Å². The van der Waals surface area contributed by atoms with E-state index in [0.717, 1.165) is 23.2 Å². The normalized spacial score (nSPS) is 10.3. The first-order valence-electron chi connectivity index (χ1n) is 7.26. The molecule has 0 aliphatic rings. The second-order valence-electron chi connectivity index (χ2n) is 4.88. The van der Waals surface area contributed by atoms with E-state index in [2.05, 4.69) is 34.7 Å². The lowest BCUT2D eigenvalue weighted by Gasteiger charge is -2.20. The van der Waals surface area contributed by atoms with Crippen molar-refractivity contribution in [3.05, 3.63) is 64.1 Å². The third kappa shape index (κ3) is 3.63. The fourth-order valence-corrected chi connectivity index (χ4v) is 2.54. The Balaban J connectivity index is 2.19. The van der Waals surface area contributed by atoms with Crippen molar-refractivity contribution in [3.8, 4) is 0 Å². The van der Waals surface area contributed by atoms with Gasteiger partial charge in [0.2, 0.25) is 11.6 Å². The van der Waals surface area contributed by atoms with Gasteiger partial charge in [0, 0.05) is 34.4 Å². The highest BCUT2D eigenvalue weighted by molar-refractivity contribution is 9.10. The van der Waals surface area contributed by atoms with Crippen molar-refractivity contribution in [1.82, 2.24) is 0 Å². The minimum Gasteiger partial charge on any atom is -0.372 e. The molecule has 0 bridgehead atoms. The average molecular weight is 360 g/mol. The minimum absolute atomic E-state index is 0.404. The van der Waals surface area contributed by atoms with Gasteiger partial charge in [-0.15, -0.1) is 0 Å². The van der Waals surface area contributed by atoms with Gasteiger partial charge in [0.15, 0.2) is 0 Å². The fraction of sp³-hybridized carbons (Fsp3) is 0.222. The minimum atomic E-state index is -0.483. The van der Waals surface area contributed by atoms with Gasteiger partial charge < -0.3 is 4.90 Å². The first kappa shape index (κ1) is 16.4. The molecule has 0 aromatic heterocycles. The van der Waals surface area contributed by atoms with Gasteiger partial charge in [-0.25, -0.2) is 0 Å². The third-order valence-electron chi connectivity index (χ3n) is 3.57. The molecule has 0 fully saturated rings. The molecule has 0 heterocycles. The van der Waals surface area contributed by atoms with Crippen molar-refractivity contribution in [1.29, 1.82) is 0 Å². The summed E-state index contributed by atoms with van der Waals surface area (Å²) >= 11 is 3.31. The summed E-state index contributed by atoms with van der Waals surface area (Å²) in [6.45, 7) is 5.97. The maximum atomic E-state index is 12.3. The predicted molar refractivity (Wildman–Crippen MR) is 92.8 cm³/mol. The summed E-state index contributed by atoms with van der Waals surface area (Å²) in [6.07, 6.45) is 0. The van der Waals surface area contributed by atoms with Crippen LogP contribution in [0.5, 0.6) is 0 Å². The first-order valence-corrected chi connectivity index (χ1v) is 8.05. The largest absolute Gasteiger partial charge is 0.372 e. The molecule has 2 rings (SSSR count). The van der Waals surface area contributed by atoms with Crippen molar-refractivity contribution < 1.29 is 9.59 Å². The molecule has 0 spiro atoms. The van der Waals surface area contributed by atoms with Gasteiger partial charge in [0.05, 0.1) is 0 Å². The zero-order chi connectivity index (χ0) is 16.1. The van der Waals surface area contributed by atoms with Crippen LogP contribution in [0.4, 0.5) is 5.69 Å². The average Bonchev–Trinajstić information content (AvgIpc) is 2.56. The highest BCUT2D eigenvalue weighted by Gasteiger charge is 2.18. The molecule has 0 unspecified atom stereocenters. The SMILES string of the molecule is CCN(CC)c1ccc(C(=O)C(=O)c2ccc(Br)cc2)cc1. The number of carbonyl (C=O) groups is 2. The zero-order valence-electron chi connectivity index (χ0n) is 12.7. The van der Waals surface area contributed by atoms with E-state index in [1.54, 1.807) is 36.4 Å². The van der Waals surface area contributed by atoms with E-state index in [0.29, 0.717) is 11.1 Å². The Hall–Kier alpha value is -1.94. The second kappa shape index (κ2) is 7.36. The van der Waals surface area contributed by atoms with Crippen LogP contribution in [-0.4, -0.2) is 24.7 Å². The summed E-state index contributed by atoms with van der Waals surface area (Å²) in [6, 6.07) is 14.0. The van der Waals surface area contributed by atoms with Crippen molar-refractivity contribution in [3.63, 3.8) is 0 Å². The van der Waals surface area contributed by atoms with Gasteiger partial charge in [-0.3, -0.25) is 9.59 Å². The van der Waals surface area contributed by atoms with Crippen LogP contribution in [0, 0.1) is 0 Å². The van der Waals surface area contributed by atoms with Crippen LogP contribution in [0.2, 0.25) is 0 Å². The zero-order valence-corrected chi connectivity index (χ0v) is 14.3. The van der Waals surface area contributed by atoms with E-state index in [1.165, 1.54) is 0 Å². The Morgan fingerprint density at radius 1 is 0.818 bits per heavy atom. The Morgan fingerprint density at radius 3 is 1.64 bits per heavy atom. The first-order chi connectivity index (χ1) is 10.6. The lowest BCUT2D eigenvalue weighted by atomic mass is 10.0. The topological polar surface area (TPSA) is 37.4 Å². The van der Waals surface area contributed by atoms with Crippen molar-refractivity contribution in [2.45, 2.75) is 13.8 Å². The lowest BCUT2D eigenvalue weighted by molar-refractivity contribution is 0.0817. The second-order valence-corrected chi connectivity index (χ2v) is 5.80. The molecular formula is C18H18BrNO2. The Bertz CT molecular complexity index is 658. The van der Waals surface area contributed by atoms with Crippen LogP contribution in [0.15, 0.2) is 53.0 Å². The molecule has 4 heteroatoms. The number of hydrogen-bond acceptors (Lipinski definition) is 3. The molecule has 0 aliphatic carbocycles. The molecular weight excluding hydrogens is 342 g/mol. The monoisotopic (exact) mass is 359 g/mol. The van der Waals surface area contributed by atoms with Gasteiger partial charge in [-0.05, 0) is 62.4 Å². The van der Waals surface area contributed by atoms with Crippen LogP contribution < -0.4 is 4.90 Å². The molecule has 0 radical (unpaired) electrons. The highest BCUT2D eigenvalue weighted by Crippen LogP contribution is 2.17. The number of carbonyl (C=O) groups excluding carboxylic acids is 2. The summed E-state index contributed by atoms with van der Waals surface area (Å²) in [4.78, 5) is 26.7. The number of Topliss-reactive ketones (excluding diaryl/α,β-unsaturated/α-hetero) is 2. The summed E-state index contributed by atoms with van der Waals surface area (Å²) in [7, 11) is 0. The van der Waals surface area contributed by atoms with E-state index in [4.69, 9.17) is 0 Å². The maximum Gasteiger partial charge on any atom is 0.233 e. The number of rotatable bonds is 6. The van der Waals surface area contributed by atoms with E-state index >= 15 is 0 Å². The fourth-order valence-electron chi connectivity index (χ4n) is 2.28. The molecule has 0 saturated heterocycles. The Kier molecular flexibility index (Phi) is 5.50. The van der Waals surface area contributed by atoms with Crippen molar-refractivity contribution in [2.75, 3.05) is 18.0 Å². The highest BCUT2D eigenvalue weighted by atomic mass is 79.9. The van der Waals surface area contributed by atoms with Crippen molar-refractivity contribution >= 4 is 33.2 Å². The summed E-state index contributed by atoms with van der Waals surface area (Å²) in [5, 5.41) is 0. The molecule has 2 aromatic carbocycles. The van der Waals surface area contributed by atoms with Crippen LogP contribution in [0.3, 0.4) is 0 Å². The van der Waals surface area contributed by atoms with E-state index in [-0.39, 0.29) is 0 Å². The van der Waals surface area contributed by atoms with Crippen LogP contribution in [0.1, 0.15) is 34.6 Å². The third-order valence-corrected chi connectivity index (χ3v) is 4.10. The van der Waals surface area contributed by atoms with Crippen LogP contribution in [0.25, 0.3) is 0 Å². The summed E-state index contributed by atoms with van der Waals surface area (Å²) in [5.41, 5.74) is 1.88. The molecule has 0 saturated carbocycles. The van der Waals surface area contributed by atoms with Gasteiger partial charge in [-0.2, -0.15) is 0 Å². The number of anilines is 1. The summed E-state index contributed by atoms with van der Waals surface area (Å²) in [5.74, 6) is -0.962. The van der Waals surface area contributed by atoms with Crippen molar-refractivity contribution in [2.24, 2.45) is 0 Å². The lowest BCUT2D eigenvalue weighted by Crippen LogP contribution is -2.22. The predicted octanol–water partition coefficient (Wildman–Crippen LogP) is 4.36. The van der Waals surface area contributed by atoms with E-state index in [1.807, 2.05) is 12.1 Å². The summed E-state index contributed by atoms with van der Waals surface area (Å²) < 4.78 is 0.875. The molecule has 0 N–H and O–H groups in total. The standard InChI is InChI=1S/C18H18BrNO2/c1-3-20(4-2)16-11-7-14(8-12-16)18(22)17(21)13-5-9-15(19)10-6-13/h5-12H,3-4H2,1-2H3. The molecule has 3 nitrogen and oxygen atoms in total. The number of ketones is 2. The molecule has 22 heavy (non-hydrogen) atoms. The Labute approximate surface area is 139 Å². The molecule has 0 amide bonds. The maximum absolute atomic E-state index is 12.3. The van der Waals surface area contributed by atoms with Gasteiger partial charge in [-0.1, -0.05) is 15.9 Å². The quantitative estimate of drug-likeness (QED) is 0.567. The van der Waals surface area contributed by atoms with Gasteiger partial charge >= 0.3 is 0 Å².